The van der Waals surface area contributed by atoms with Crippen molar-refractivity contribution < 1.29 is 4.74 Å². The van der Waals surface area contributed by atoms with E-state index < -0.39 is 0 Å². The molecular formula is C11H18N2O. The molecule has 0 aromatic heterocycles. The molecule has 14 heavy (non-hydrogen) atoms. The van der Waals surface area contributed by atoms with E-state index in [1.165, 1.54) is 19.3 Å². The molecular weight excluding hydrogens is 176 g/mol. The lowest BCUT2D eigenvalue weighted by Crippen LogP contribution is -2.52. The maximum Gasteiger partial charge on any atom is 0.288 e. The van der Waals surface area contributed by atoms with Crippen LogP contribution in [0.4, 0.5) is 0 Å². The second kappa shape index (κ2) is 4.29. The zero-order chi connectivity index (χ0) is 9.86. The number of nitrogens with zero attached hydrogens (tertiary/aromatic N) is 2. The van der Waals surface area contributed by atoms with Gasteiger partial charge >= 0.3 is 0 Å². The summed E-state index contributed by atoms with van der Waals surface area (Å²) in [5, 5.41) is 0. The van der Waals surface area contributed by atoms with Gasteiger partial charge in [-0.25, -0.2) is 11.5 Å². The molecule has 3 heteroatoms. The number of morpholine rings is 1. The fourth-order valence-corrected chi connectivity index (χ4v) is 2.60. The summed E-state index contributed by atoms with van der Waals surface area (Å²) in [5.41, 5.74) is -0.165. The predicted octanol–water partition coefficient (Wildman–Crippen LogP) is 1.90. The summed E-state index contributed by atoms with van der Waals surface area (Å²) in [6, 6.07) is 0. The number of ether oxygens (including phenoxy) is 1. The highest BCUT2D eigenvalue weighted by atomic mass is 16.5. The van der Waals surface area contributed by atoms with Crippen LogP contribution in [0.5, 0.6) is 0 Å². The average Bonchev–Trinajstić information content (AvgIpc) is 2.31. The molecule has 0 amide bonds. The predicted molar refractivity (Wildman–Crippen MR) is 54.8 cm³/mol. The van der Waals surface area contributed by atoms with E-state index in [-0.39, 0.29) is 5.66 Å². The van der Waals surface area contributed by atoms with Gasteiger partial charge in [-0.15, -0.1) is 0 Å². The van der Waals surface area contributed by atoms with Crippen molar-refractivity contribution in [1.29, 1.82) is 0 Å². The first-order valence-corrected chi connectivity index (χ1v) is 5.59. The molecule has 0 aromatic carbocycles. The molecule has 1 aliphatic carbocycles. The third-order valence-corrected chi connectivity index (χ3v) is 3.46. The zero-order valence-electron chi connectivity index (χ0n) is 8.67. The molecule has 0 N–H and O–H groups in total. The lowest BCUT2D eigenvalue weighted by atomic mass is 9.88. The van der Waals surface area contributed by atoms with Gasteiger partial charge in [-0.1, -0.05) is 6.42 Å². The molecule has 3 nitrogen and oxygen atoms in total. The van der Waals surface area contributed by atoms with Crippen molar-refractivity contribution in [2.24, 2.45) is 0 Å². The first-order chi connectivity index (χ1) is 6.87. The SMILES string of the molecule is [C-]#[N+]C1(N2CCOCC2)CCCCC1. The van der Waals surface area contributed by atoms with Gasteiger partial charge in [0.2, 0.25) is 0 Å². The fourth-order valence-electron chi connectivity index (χ4n) is 2.60. The van der Waals surface area contributed by atoms with Crippen LogP contribution in [-0.2, 0) is 4.74 Å². The highest BCUT2D eigenvalue weighted by Gasteiger charge is 2.44. The Morgan fingerprint density at radius 1 is 1.07 bits per heavy atom. The van der Waals surface area contributed by atoms with Gasteiger partial charge in [0.25, 0.3) is 5.66 Å². The Bertz CT molecular complexity index is 222. The third-order valence-electron chi connectivity index (χ3n) is 3.46. The van der Waals surface area contributed by atoms with E-state index in [0.717, 1.165) is 39.1 Å². The van der Waals surface area contributed by atoms with Crippen molar-refractivity contribution in [2.45, 2.75) is 37.8 Å². The van der Waals surface area contributed by atoms with Gasteiger partial charge in [0.05, 0.1) is 13.2 Å². The Balaban J connectivity index is 2.06. The Morgan fingerprint density at radius 2 is 1.71 bits per heavy atom. The van der Waals surface area contributed by atoms with Crippen molar-refractivity contribution in [1.82, 2.24) is 4.90 Å². The molecule has 1 aliphatic heterocycles. The van der Waals surface area contributed by atoms with Crippen LogP contribution < -0.4 is 0 Å². The van der Waals surface area contributed by atoms with Gasteiger partial charge in [0, 0.05) is 25.9 Å². The van der Waals surface area contributed by atoms with Crippen molar-refractivity contribution in [3.8, 4) is 0 Å². The first kappa shape index (κ1) is 9.95. The normalized spacial score (nSPS) is 28.2. The number of rotatable bonds is 1. The second-order valence-corrected chi connectivity index (χ2v) is 4.25. The molecule has 0 radical (unpaired) electrons. The van der Waals surface area contributed by atoms with Crippen LogP contribution in [-0.4, -0.2) is 36.9 Å². The molecule has 78 valence electrons. The molecule has 2 fully saturated rings. The van der Waals surface area contributed by atoms with Gasteiger partial charge in [-0.2, -0.15) is 0 Å². The van der Waals surface area contributed by atoms with Crippen molar-refractivity contribution >= 4 is 0 Å². The third kappa shape index (κ3) is 1.77. The van der Waals surface area contributed by atoms with Crippen LogP contribution in [0, 0.1) is 6.57 Å². The lowest BCUT2D eigenvalue weighted by Gasteiger charge is -2.38. The summed E-state index contributed by atoms with van der Waals surface area (Å²) in [7, 11) is 0. The van der Waals surface area contributed by atoms with E-state index in [1.54, 1.807) is 0 Å². The Labute approximate surface area is 85.9 Å². The molecule has 2 aliphatic rings. The van der Waals surface area contributed by atoms with Crippen LogP contribution >= 0.6 is 0 Å². The van der Waals surface area contributed by atoms with Crippen molar-refractivity contribution in [3.63, 3.8) is 0 Å². The Morgan fingerprint density at radius 3 is 2.29 bits per heavy atom. The highest BCUT2D eigenvalue weighted by Crippen LogP contribution is 2.35. The molecule has 0 atom stereocenters. The minimum atomic E-state index is -0.165. The number of hydrogen-bond acceptors (Lipinski definition) is 2. The minimum absolute atomic E-state index is 0.165. The minimum Gasteiger partial charge on any atom is -0.379 e. The monoisotopic (exact) mass is 194 g/mol. The highest BCUT2D eigenvalue weighted by molar-refractivity contribution is 5.00. The van der Waals surface area contributed by atoms with Crippen LogP contribution in [0.15, 0.2) is 0 Å². The molecule has 0 spiro atoms. The lowest BCUT2D eigenvalue weighted by molar-refractivity contribution is -0.0188. The van der Waals surface area contributed by atoms with E-state index >= 15 is 0 Å². The van der Waals surface area contributed by atoms with Gasteiger partial charge in [0.15, 0.2) is 0 Å². The summed E-state index contributed by atoms with van der Waals surface area (Å²) < 4.78 is 5.34. The smallest absolute Gasteiger partial charge is 0.288 e. The average molecular weight is 194 g/mol. The largest absolute Gasteiger partial charge is 0.379 e. The van der Waals surface area contributed by atoms with Gasteiger partial charge < -0.3 is 4.74 Å². The Hall–Kier alpha value is -0.590. The van der Waals surface area contributed by atoms with Crippen molar-refractivity contribution in [2.75, 3.05) is 26.3 Å². The molecule has 2 rings (SSSR count). The molecule has 1 heterocycles. The van der Waals surface area contributed by atoms with Crippen LogP contribution in [0.25, 0.3) is 4.85 Å². The Kier molecular flexibility index (Phi) is 3.05. The van der Waals surface area contributed by atoms with Gasteiger partial charge in [-0.05, 0) is 12.8 Å². The maximum absolute atomic E-state index is 7.42. The van der Waals surface area contributed by atoms with E-state index in [4.69, 9.17) is 11.3 Å². The maximum atomic E-state index is 7.42. The summed E-state index contributed by atoms with van der Waals surface area (Å²) in [4.78, 5) is 6.27. The second-order valence-electron chi connectivity index (χ2n) is 4.25. The summed E-state index contributed by atoms with van der Waals surface area (Å²) in [5.74, 6) is 0. The number of hydrogen-bond donors (Lipinski definition) is 0. The molecule has 1 saturated carbocycles. The van der Waals surface area contributed by atoms with Crippen LogP contribution in [0.3, 0.4) is 0 Å². The van der Waals surface area contributed by atoms with E-state index in [0.29, 0.717) is 0 Å². The molecule has 1 saturated heterocycles. The zero-order valence-corrected chi connectivity index (χ0v) is 8.67. The van der Waals surface area contributed by atoms with Gasteiger partial charge in [-0.3, -0.25) is 4.85 Å². The van der Waals surface area contributed by atoms with E-state index in [2.05, 4.69) is 9.74 Å². The summed E-state index contributed by atoms with van der Waals surface area (Å²) in [6.45, 7) is 10.9. The first-order valence-electron chi connectivity index (χ1n) is 5.59. The van der Waals surface area contributed by atoms with E-state index in [9.17, 15) is 0 Å². The standard InChI is InChI=1S/C11H18N2O/c1-12-11(5-3-2-4-6-11)13-7-9-14-10-8-13/h2-10H2. The molecule has 0 bridgehead atoms. The van der Waals surface area contributed by atoms with Crippen LogP contribution in [0.1, 0.15) is 32.1 Å². The summed E-state index contributed by atoms with van der Waals surface area (Å²) in [6.07, 6.45) is 5.88. The fraction of sp³-hybridized carbons (Fsp3) is 0.909. The topological polar surface area (TPSA) is 16.8 Å². The van der Waals surface area contributed by atoms with Crippen LogP contribution in [0.2, 0.25) is 0 Å². The summed E-state index contributed by atoms with van der Waals surface area (Å²) >= 11 is 0. The molecule has 0 unspecified atom stereocenters. The van der Waals surface area contributed by atoms with E-state index in [1.807, 2.05) is 0 Å². The van der Waals surface area contributed by atoms with Gasteiger partial charge in [0.1, 0.15) is 0 Å². The van der Waals surface area contributed by atoms with Crippen molar-refractivity contribution in [3.05, 3.63) is 11.4 Å². The quantitative estimate of drug-likeness (QED) is 0.593. The molecule has 0 aromatic rings.